The van der Waals surface area contributed by atoms with E-state index in [9.17, 15) is 5.11 Å². The lowest BCUT2D eigenvalue weighted by Gasteiger charge is -2.55. The summed E-state index contributed by atoms with van der Waals surface area (Å²) in [6, 6.07) is 18.3. The zero-order valence-electron chi connectivity index (χ0n) is 18.5. The quantitative estimate of drug-likeness (QED) is 0.604. The van der Waals surface area contributed by atoms with Gasteiger partial charge in [0.25, 0.3) is 0 Å². The van der Waals surface area contributed by atoms with Gasteiger partial charge < -0.3 is 19.3 Å². The second-order valence-corrected chi connectivity index (χ2v) is 8.37. The van der Waals surface area contributed by atoms with E-state index in [4.69, 9.17) is 14.2 Å². The second kappa shape index (κ2) is 7.03. The molecule has 3 aliphatic carbocycles. The lowest BCUT2D eigenvalue weighted by atomic mass is 9.49. The van der Waals surface area contributed by atoms with Gasteiger partial charge in [0.05, 0.1) is 21.3 Å². The highest BCUT2D eigenvalue weighted by Crippen LogP contribution is 2.67. The van der Waals surface area contributed by atoms with Crippen molar-refractivity contribution in [1.82, 2.24) is 0 Å². The van der Waals surface area contributed by atoms with Crippen LogP contribution in [0, 0.1) is 0 Å². The molecule has 0 unspecified atom stereocenters. The average Bonchev–Trinajstić information content (AvgIpc) is 2.82. The summed E-state index contributed by atoms with van der Waals surface area (Å²) in [7, 11) is 4.98. The SMILES string of the molecule is CCCCC12c3cccc(OC)c3C(O)(c3c(OC)cccc31)c1c(OC)cccc12. The van der Waals surface area contributed by atoms with Gasteiger partial charge >= 0.3 is 0 Å². The third-order valence-corrected chi connectivity index (χ3v) is 7.11. The number of ether oxygens (including phenoxy) is 3. The van der Waals surface area contributed by atoms with Crippen LogP contribution in [0.15, 0.2) is 54.6 Å². The molecule has 160 valence electrons. The Balaban J connectivity index is 2.03. The van der Waals surface area contributed by atoms with Crippen LogP contribution < -0.4 is 14.2 Å². The van der Waals surface area contributed by atoms with Crippen LogP contribution in [0.4, 0.5) is 0 Å². The number of hydrogen-bond acceptors (Lipinski definition) is 4. The molecule has 0 atom stereocenters. The van der Waals surface area contributed by atoms with Gasteiger partial charge in [-0.1, -0.05) is 56.2 Å². The van der Waals surface area contributed by atoms with Crippen LogP contribution in [0.1, 0.15) is 59.6 Å². The van der Waals surface area contributed by atoms with E-state index in [1.165, 1.54) is 0 Å². The Labute approximate surface area is 183 Å². The molecule has 3 aromatic rings. The number of aliphatic hydroxyl groups is 1. The van der Waals surface area contributed by atoms with Gasteiger partial charge in [-0.05, 0) is 41.3 Å². The molecule has 2 bridgehead atoms. The smallest absolute Gasteiger partial charge is 0.152 e. The fourth-order valence-corrected chi connectivity index (χ4v) is 5.95. The van der Waals surface area contributed by atoms with Crippen molar-refractivity contribution >= 4 is 0 Å². The van der Waals surface area contributed by atoms with Crippen molar-refractivity contribution in [2.75, 3.05) is 21.3 Å². The zero-order chi connectivity index (χ0) is 21.8. The first-order valence-corrected chi connectivity index (χ1v) is 10.9. The van der Waals surface area contributed by atoms with Crippen molar-refractivity contribution < 1.29 is 19.3 Å². The summed E-state index contributed by atoms with van der Waals surface area (Å²) in [5.74, 6) is 2.02. The van der Waals surface area contributed by atoms with Crippen LogP contribution in [-0.2, 0) is 11.0 Å². The minimum atomic E-state index is -1.44. The minimum Gasteiger partial charge on any atom is -0.496 e. The van der Waals surface area contributed by atoms with Gasteiger partial charge in [-0.2, -0.15) is 0 Å². The van der Waals surface area contributed by atoms with Gasteiger partial charge in [-0.15, -0.1) is 0 Å². The Kier molecular flexibility index (Phi) is 4.52. The number of benzene rings is 3. The first-order valence-electron chi connectivity index (χ1n) is 10.9. The van der Waals surface area contributed by atoms with E-state index < -0.39 is 11.0 Å². The van der Waals surface area contributed by atoms with E-state index in [2.05, 4.69) is 25.1 Å². The standard InChI is InChI=1S/C27H28O4/c1-5-6-16-26-17-10-7-13-20(29-2)23(17)27(28,24-18(26)11-8-14-21(24)30-3)25-19(26)12-9-15-22(25)31-4/h7-15,28H,5-6,16H2,1-4H3. The molecule has 0 aliphatic heterocycles. The maximum absolute atomic E-state index is 12.7. The molecule has 6 rings (SSSR count). The molecule has 0 spiro atoms. The lowest BCUT2D eigenvalue weighted by Crippen LogP contribution is -2.51. The molecule has 3 aromatic carbocycles. The number of rotatable bonds is 6. The van der Waals surface area contributed by atoms with Crippen molar-refractivity contribution in [1.29, 1.82) is 0 Å². The van der Waals surface area contributed by atoms with E-state index in [0.717, 1.165) is 52.6 Å². The first-order chi connectivity index (χ1) is 15.1. The molecule has 0 heterocycles. The minimum absolute atomic E-state index is 0.419. The Morgan fingerprint density at radius 3 is 1.39 bits per heavy atom. The Hall–Kier alpha value is -2.98. The van der Waals surface area contributed by atoms with E-state index in [1.54, 1.807) is 21.3 Å². The van der Waals surface area contributed by atoms with Gasteiger partial charge in [0.1, 0.15) is 17.2 Å². The van der Waals surface area contributed by atoms with E-state index in [-0.39, 0.29) is 0 Å². The highest BCUT2D eigenvalue weighted by molar-refractivity contribution is 5.79. The average molecular weight is 417 g/mol. The van der Waals surface area contributed by atoms with Crippen LogP contribution >= 0.6 is 0 Å². The topological polar surface area (TPSA) is 47.9 Å². The molecule has 0 saturated carbocycles. The maximum atomic E-state index is 12.7. The van der Waals surface area contributed by atoms with Crippen molar-refractivity contribution in [3.63, 3.8) is 0 Å². The Morgan fingerprint density at radius 1 is 0.677 bits per heavy atom. The van der Waals surface area contributed by atoms with Crippen molar-refractivity contribution in [2.24, 2.45) is 0 Å². The molecule has 3 aliphatic rings. The summed E-state index contributed by atoms with van der Waals surface area (Å²) in [6.45, 7) is 2.21. The maximum Gasteiger partial charge on any atom is 0.152 e. The van der Waals surface area contributed by atoms with Crippen molar-refractivity contribution in [3.8, 4) is 17.2 Å². The molecular weight excluding hydrogens is 388 g/mol. The fourth-order valence-electron chi connectivity index (χ4n) is 5.95. The number of hydrogen-bond donors (Lipinski definition) is 1. The molecule has 1 N–H and O–H groups in total. The van der Waals surface area contributed by atoms with Crippen LogP contribution in [0.2, 0.25) is 0 Å². The Bertz CT molecular complexity index is 1030. The third-order valence-electron chi connectivity index (χ3n) is 7.11. The molecule has 31 heavy (non-hydrogen) atoms. The summed E-state index contributed by atoms with van der Waals surface area (Å²) in [5.41, 5.74) is 3.82. The third kappa shape index (κ3) is 2.29. The predicted molar refractivity (Wildman–Crippen MR) is 120 cm³/mol. The predicted octanol–water partition coefficient (Wildman–Crippen LogP) is 5.15. The summed E-state index contributed by atoms with van der Waals surface area (Å²) < 4.78 is 17.4. The monoisotopic (exact) mass is 416 g/mol. The molecule has 0 aromatic heterocycles. The van der Waals surface area contributed by atoms with Gasteiger partial charge in [0.15, 0.2) is 5.60 Å². The number of unbranched alkanes of at least 4 members (excludes halogenated alkanes) is 1. The normalized spacial score (nSPS) is 22.4. The van der Waals surface area contributed by atoms with Gasteiger partial charge in [0.2, 0.25) is 0 Å². The summed E-state index contributed by atoms with van der Waals surface area (Å²) >= 11 is 0. The van der Waals surface area contributed by atoms with Crippen LogP contribution in [-0.4, -0.2) is 26.4 Å². The van der Waals surface area contributed by atoms with E-state index in [1.807, 2.05) is 36.4 Å². The summed E-state index contributed by atoms with van der Waals surface area (Å²) in [4.78, 5) is 0. The highest BCUT2D eigenvalue weighted by atomic mass is 16.5. The Morgan fingerprint density at radius 2 is 1.06 bits per heavy atom. The van der Waals surface area contributed by atoms with Crippen LogP contribution in [0.5, 0.6) is 17.2 Å². The molecule has 4 heteroatoms. The molecule has 0 amide bonds. The number of methoxy groups -OCH3 is 3. The van der Waals surface area contributed by atoms with Gasteiger partial charge in [0, 0.05) is 22.1 Å². The van der Waals surface area contributed by atoms with Crippen LogP contribution in [0.3, 0.4) is 0 Å². The largest absolute Gasteiger partial charge is 0.496 e. The summed E-state index contributed by atoms with van der Waals surface area (Å²) in [6.07, 6.45) is 3.03. The molecule has 0 fully saturated rings. The van der Waals surface area contributed by atoms with E-state index >= 15 is 0 Å². The van der Waals surface area contributed by atoms with Crippen LogP contribution in [0.25, 0.3) is 0 Å². The van der Waals surface area contributed by atoms with E-state index in [0.29, 0.717) is 17.2 Å². The lowest BCUT2D eigenvalue weighted by molar-refractivity contribution is 0.0948. The fraction of sp³-hybridized carbons (Fsp3) is 0.333. The molecular formula is C27H28O4. The van der Waals surface area contributed by atoms with Gasteiger partial charge in [-0.25, -0.2) is 0 Å². The first kappa shape index (κ1) is 20.0. The second-order valence-electron chi connectivity index (χ2n) is 8.37. The van der Waals surface area contributed by atoms with Crippen molar-refractivity contribution in [2.45, 2.75) is 37.2 Å². The zero-order valence-corrected chi connectivity index (χ0v) is 18.5. The van der Waals surface area contributed by atoms with Crippen molar-refractivity contribution in [3.05, 3.63) is 88.0 Å². The molecule has 4 nitrogen and oxygen atoms in total. The summed E-state index contributed by atoms with van der Waals surface area (Å²) in [5, 5.41) is 12.7. The molecule has 0 saturated heterocycles. The molecule has 0 radical (unpaired) electrons. The van der Waals surface area contributed by atoms with Gasteiger partial charge in [-0.3, -0.25) is 0 Å². The highest BCUT2D eigenvalue weighted by Gasteiger charge is 2.61.